The summed E-state index contributed by atoms with van der Waals surface area (Å²) in [5, 5.41) is 0.639. The van der Waals surface area contributed by atoms with Gasteiger partial charge in [-0.2, -0.15) is 0 Å². The van der Waals surface area contributed by atoms with Crippen molar-refractivity contribution < 1.29 is 4.74 Å². The Morgan fingerprint density at radius 2 is 1.95 bits per heavy atom. The van der Waals surface area contributed by atoms with Crippen LogP contribution < -0.4 is 4.74 Å². The van der Waals surface area contributed by atoms with Crippen LogP contribution in [0.25, 0.3) is 4.85 Å². The van der Waals surface area contributed by atoms with Crippen LogP contribution in [0.2, 0.25) is 5.02 Å². The van der Waals surface area contributed by atoms with Gasteiger partial charge in [0.25, 0.3) is 0 Å². The molecule has 2 nitrogen and oxygen atoms in total. The van der Waals surface area contributed by atoms with Gasteiger partial charge in [0.05, 0.1) is 5.56 Å². The number of ether oxygens (including phenoxy) is 1. The van der Waals surface area contributed by atoms with Gasteiger partial charge in [-0.1, -0.05) is 41.9 Å². The molecule has 102 valence electrons. The lowest BCUT2D eigenvalue weighted by molar-refractivity contribution is 0.300. The third kappa shape index (κ3) is 3.31. The van der Waals surface area contributed by atoms with Crippen molar-refractivity contribution in [2.24, 2.45) is 0 Å². The van der Waals surface area contributed by atoms with E-state index < -0.39 is 0 Å². The summed E-state index contributed by atoms with van der Waals surface area (Å²) in [6, 6.07) is 13.4. The number of nitrogens with zero attached hydrogens (tertiary/aromatic N) is 1. The van der Waals surface area contributed by atoms with Gasteiger partial charge in [0.15, 0.2) is 0 Å². The second-order valence-electron chi connectivity index (χ2n) is 4.72. The molecule has 0 saturated heterocycles. The minimum Gasteiger partial charge on any atom is -0.488 e. The number of rotatable bonds is 4. The van der Waals surface area contributed by atoms with Gasteiger partial charge in [-0.25, -0.2) is 6.57 Å². The minimum absolute atomic E-state index is 0.266. The van der Waals surface area contributed by atoms with Crippen LogP contribution in [0.5, 0.6) is 5.75 Å². The fraction of sp³-hybridized carbons (Fsp3) is 0.235. The highest BCUT2D eigenvalue weighted by atomic mass is 35.5. The molecule has 1 unspecified atom stereocenters. The molecule has 2 aromatic rings. The molecule has 3 heteroatoms. The van der Waals surface area contributed by atoms with E-state index >= 15 is 0 Å². The molecule has 20 heavy (non-hydrogen) atoms. The molecule has 0 bridgehead atoms. The van der Waals surface area contributed by atoms with E-state index in [1.165, 1.54) is 0 Å². The molecule has 0 fully saturated rings. The SMILES string of the molecule is [C-]#[N+]C(C)c1cc(Cl)cc(C)c1OCc1ccccc1. The monoisotopic (exact) mass is 285 g/mol. The molecule has 0 spiro atoms. The summed E-state index contributed by atoms with van der Waals surface area (Å²) in [5.41, 5.74) is 2.91. The Morgan fingerprint density at radius 3 is 2.60 bits per heavy atom. The van der Waals surface area contributed by atoms with Crippen LogP contribution in [-0.4, -0.2) is 0 Å². The van der Waals surface area contributed by atoms with E-state index in [0.717, 1.165) is 22.4 Å². The highest BCUT2D eigenvalue weighted by molar-refractivity contribution is 6.30. The molecular formula is C17H16ClNO. The van der Waals surface area contributed by atoms with Crippen molar-refractivity contribution in [3.63, 3.8) is 0 Å². The molecule has 0 amide bonds. The predicted octanol–water partition coefficient (Wildman–Crippen LogP) is 5.21. The second-order valence-corrected chi connectivity index (χ2v) is 5.16. The van der Waals surface area contributed by atoms with Crippen LogP contribution in [0.4, 0.5) is 0 Å². The molecular weight excluding hydrogens is 270 g/mol. The average Bonchev–Trinajstić information content (AvgIpc) is 2.46. The van der Waals surface area contributed by atoms with Crippen molar-refractivity contribution in [3.05, 3.63) is 75.6 Å². The molecule has 2 rings (SSSR count). The third-order valence-corrected chi connectivity index (χ3v) is 3.36. The van der Waals surface area contributed by atoms with E-state index in [1.54, 1.807) is 0 Å². The smallest absolute Gasteiger partial charge is 0.249 e. The number of hydrogen-bond acceptors (Lipinski definition) is 1. The zero-order chi connectivity index (χ0) is 14.5. The molecule has 0 aliphatic rings. The third-order valence-electron chi connectivity index (χ3n) is 3.14. The molecule has 0 radical (unpaired) electrons. The standard InChI is InChI=1S/C17H16ClNO/c1-12-9-15(18)10-16(13(2)19-3)17(12)20-11-14-7-5-4-6-8-14/h4-10,13H,11H2,1-2H3. The van der Waals surface area contributed by atoms with Crippen molar-refractivity contribution in [2.75, 3.05) is 0 Å². The van der Waals surface area contributed by atoms with Crippen LogP contribution in [0.3, 0.4) is 0 Å². The van der Waals surface area contributed by atoms with E-state index in [2.05, 4.69) is 4.85 Å². The summed E-state index contributed by atoms with van der Waals surface area (Å²) in [7, 11) is 0. The fourth-order valence-electron chi connectivity index (χ4n) is 2.06. The Morgan fingerprint density at radius 1 is 1.25 bits per heavy atom. The van der Waals surface area contributed by atoms with E-state index in [9.17, 15) is 0 Å². The molecule has 0 aliphatic heterocycles. The van der Waals surface area contributed by atoms with Crippen LogP contribution in [0.15, 0.2) is 42.5 Å². The van der Waals surface area contributed by atoms with Crippen molar-refractivity contribution >= 4 is 11.6 Å². The summed E-state index contributed by atoms with van der Waals surface area (Å²) in [5.74, 6) is 0.766. The summed E-state index contributed by atoms with van der Waals surface area (Å²) in [6.45, 7) is 11.5. The van der Waals surface area contributed by atoms with Gasteiger partial charge < -0.3 is 9.58 Å². The van der Waals surface area contributed by atoms with Gasteiger partial charge in [-0.05, 0) is 30.2 Å². The lowest BCUT2D eigenvalue weighted by atomic mass is 10.0. The summed E-state index contributed by atoms with van der Waals surface area (Å²) in [6.07, 6.45) is 0. The molecule has 0 N–H and O–H groups in total. The van der Waals surface area contributed by atoms with E-state index in [4.69, 9.17) is 22.9 Å². The van der Waals surface area contributed by atoms with Crippen LogP contribution >= 0.6 is 11.6 Å². The number of aryl methyl sites for hydroxylation is 1. The van der Waals surface area contributed by atoms with Gasteiger partial charge in [-0.3, -0.25) is 0 Å². The van der Waals surface area contributed by atoms with Crippen molar-refractivity contribution in [1.29, 1.82) is 0 Å². The quantitative estimate of drug-likeness (QED) is 0.703. The number of halogens is 1. The lowest BCUT2D eigenvalue weighted by Crippen LogP contribution is -2.02. The number of benzene rings is 2. The molecule has 0 heterocycles. The molecule has 0 aromatic heterocycles. The molecule has 0 aliphatic carbocycles. The summed E-state index contributed by atoms with van der Waals surface area (Å²) in [4.78, 5) is 3.57. The lowest BCUT2D eigenvalue weighted by Gasteiger charge is -2.14. The zero-order valence-electron chi connectivity index (χ0n) is 11.6. The molecule has 1 atom stereocenters. The van der Waals surface area contributed by atoms with E-state index in [-0.39, 0.29) is 6.04 Å². The van der Waals surface area contributed by atoms with Crippen LogP contribution in [-0.2, 0) is 6.61 Å². The first-order valence-corrected chi connectivity index (χ1v) is 6.83. The second kappa shape index (κ2) is 6.45. The van der Waals surface area contributed by atoms with Gasteiger partial charge in [-0.15, -0.1) is 0 Å². The fourth-order valence-corrected chi connectivity index (χ4v) is 2.34. The maximum atomic E-state index is 7.21. The predicted molar refractivity (Wildman–Crippen MR) is 82.0 cm³/mol. The first-order valence-electron chi connectivity index (χ1n) is 6.45. The van der Waals surface area contributed by atoms with Crippen molar-refractivity contribution in [1.82, 2.24) is 0 Å². The number of hydrogen-bond donors (Lipinski definition) is 0. The maximum absolute atomic E-state index is 7.21. The van der Waals surface area contributed by atoms with Crippen molar-refractivity contribution in [3.8, 4) is 5.75 Å². The van der Waals surface area contributed by atoms with E-state index in [1.807, 2.05) is 56.3 Å². The Balaban J connectivity index is 2.29. The molecule has 0 saturated carbocycles. The average molecular weight is 286 g/mol. The van der Waals surface area contributed by atoms with Gasteiger partial charge >= 0.3 is 0 Å². The minimum atomic E-state index is -0.266. The summed E-state index contributed by atoms with van der Waals surface area (Å²) < 4.78 is 5.93. The van der Waals surface area contributed by atoms with Gasteiger partial charge in [0.2, 0.25) is 6.04 Å². The Hall–Kier alpha value is -1.98. The maximum Gasteiger partial charge on any atom is 0.249 e. The first kappa shape index (κ1) is 14.4. The Kier molecular flexibility index (Phi) is 4.65. The largest absolute Gasteiger partial charge is 0.488 e. The zero-order valence-corrected chi connectivity index (χ0v) is 12.3. The normalized spacial score (nSPS) is 11.7. The van der Waals surface area contributed by atoms with Crippen LogP contribution in [0.1, 0.15) is 29.7 Å². The Labute approximate surface area is 124 Å². The van der Waals surface area contributed by atoms with Crippen molar-refractivity contribution in [2.45, 2.75) is 26.5 Å². The first-order chi connectivity index (χ1) is 9.61. The van der Waals surface area contributed by atoms with Crippen LogP contribution in [0, 0.1) is 13.5 Å². The summed E-state index contributed by atoms with van der Waals surface area (Å²) >= 11 is 6.08. The topological polar surface area (TPSA) is 13.6 Å². The highest BCUT2D eigenvalue weighted by Gasteiger charge is 2.18. The Bertz CT molecular complexity index is 631. The van der Waals surface area contributed by atoms with E-state index in [0.29, 0.717) is 11.6 Å². The van der Waals surface area contributed by atoms with Gasteiger partial charge in [0.1, 0.15) is 12.4 Å². The van der Waals surface area contributed by atoms with Gasteiger partial charge in [0, 0.05) is 11.9 Å². The highest BCUT2D eigenvalue weighted by Crippen LogP contribution is 2.34. The molecule has 2 aromatic carbocycles.